The highest BCUT2D eigenvalue weighted by Crippen LogP contribution is 2.27. The summed E-state index contributed by atoms with van der Waals surface area (Å²) in [6, 6.07) is 5.88. The summed E-state index contributed by atoms with van der Waals surface area (Å²) in [5.74, 6) is -0.942. The molecule has 6 nitrogen and oxygen atoms in total. The Morgan fingerprint density at radius 2 is 1.93 bits per heavy atom. The molecule has 2 saturated carbocycles. The van der Waals surface area contributed by atoms with Crippen molar-refractivity contribution in [3.05, 3.63) is 53.1 Å². The first kappa shape index (κ1) is 19.8. The normalized spacial score (nSPS) is 25.0. The zero-order valence-electron chi connectivity index (χ0n) is 15.7. The molecule has 0 radical (unpaired) electrons. The highest BCUT2D eigenvalue weighted by Gasteiger charge is 2.28. The van der Waals surface area contributed by atoms with Crippen molar-refractivity contribution < 1.29 is 14.0 Å². The Kier molecular flexibility index (Phi) is 6.23. The molecule has 1 aromatic rings. The fourth-order valence-corrected chi connectivity index (χ4v) is 3.68. The number of allylic oxidation sites excluding steroid dienone is 1. The van der Waals surface area contributed by atoms with Gasteiger partial charge in [0, 0.05) is 29.5 Å². The van der Waals surface area contributed by atoms with Gasteiger partial charge in [0.1, 0.15) is 11.5 Å². The number of nitrogens with two attached hydrogens (primary N) is 2. The summed E-state index contributed by atoms with van der Waals surface area (Å²) in [5.41, 5.74) is 13.7. The first-order valence-electron chi connectivity index (χ1n) is 9.58. The molecule has 0 heterocycles. The maximum absolute atomic E-state index is 13.9. The van der Waals surface area contributed by atoms with Crippen LogP contribution in [0.25, 0.3) is 0 Å². The molecule has 1 atom stereocenters. The lowest BCUT2D eigenvalue weighted by Gasteiger charge is -2.28. The Morgan fingerprint density at radius 3 is 2.64 bits per heavy atom. The van der Waals surface area contributed by atoms with E-state index >= 15 is 0 Å². The van der Waals surface area contributed by atoms with E-state index in [-0.39, 0.29) is 23.2 Å². The van der Waals surface area contributed by atoms with Crippen LogP contribution in [-0.2, 0) is 9.59 Å². The van der Waals surface area contributed by atoms with Crippen molar-refractivity contribution in [2.75, 3.05) is 0 Å². The summed E-state index contributed by atoms with van der Waals surface area (Å²) >= 11 is 0. The topological polar surface area (TPSA) is 111 Å². The molecule has 0 aromatic heterocycles. The third-order valence-corrected chi connectivity index (χ3v) is 5.19. The summed E-state index contributed by atoms with van der Waals surface area (Å²) in [4.78, 5) is 29.1. The molecule has 1 unspecified atom stereocenters. The summed E-state index contributed by atoms with van der Waals surface area (Å²) in [5, 5.41) is 2.87. The summed E-state index contributed by atoms with van der Waals surface area (Å²) in [7, 11) is 0. The van der Waals surface area contributed by atoms with E-state index in [1.165, 1.54) is 12.3 Å². The molecule has 7 heteroatoms. The molecule has 3 rings (SSSR count). The van der Waals surface area contributed by atoms with Crippen molar-refractivity contribution in [3.8, 4) is 0 Å². The fourth-order valence-electron chi connectivity index (χ4n) is 3.68. The highest BCUT2D eigenvalue weighted by atomic mass is 19.1. The van der Waals surface area contributed by atoms with Gasteiger partial charge in [-0.3, -0.25) is 9.59 Å². The van der Waals surface area contributed by atoms with Gasteiger partial charge in [-0.1, -0.05) is 12.1 Å². The zero-order chi connectivity index (χ0) is 20.1. The fraction of sp³-hybridized carbons (Fsp3) is 0.381. The van der Waals surface area contributed by atoms with Gasteiger partial charge in [0.25, 0.3) is 5.91 Å². The van der Waals surface area contributed by atoms with Gasteiger partial charge in [-0.2, -0.15) is 0 Å². The monoisotopic (exact) mass is 384 g/mol. The number of nitrogens with zero attached hydrogens (tertiary/aromatic N) is 1. The molecule has 2 aliphatic carbocycles. The first-order valence-corrected chi connectivity index (χ1v) is 9.58. The van der Waals surface area contributed by atoms with Crippen LogP contribution in [0, 0.1) is 5.82 Å². The number of benzene rings is 1. The molecule has 148 valence electrons. The lowest BCUT2D eigenvalue weighted by molar-refractivity contribution is -0.120. The van der Waals surface area contributed by atoms with Gasteiger partial charge in [-0.05, 0) is 50.7 Å². The number of amides is 1. The third kappa shape index (κ3) is 4.30. The van der Waals surface area contributed by atoms with Crippen molar-refractivity contribution in [3.63, 3.8) is 0 Å². The number of para-hydroxylation sites is 1. The smallest absolute Gasteiger partial charge is 0.268 e. The van der Waals surface area contributed by atoms with Gasteiger partial charge in [0.2, 0.25) is 0 Å². The second-order valence-electron chi connectivity index (χ2n) is 7.07. The van der Waals surface area contributed by atoms with Crippen LogP contribution in [0.2, 0.25) is 0 Å². The molecular formula is C21H25FN4O2. The third-order valence-electron chi connectivity index (χ3n) is 5.19. The number of rotatable bonds is 3. The molecule has 1 aromatic carbocycles. The maximum Gasteiger partial charge on any atom is 0.268 e. The van der Waals surface area contributed by atoms with Gasteiger partial charge >= 0.3 is 0 Å². The van der Waals surface area contributed by atoms with Crippen LogP contribution in [0.3, 0.4) is 0 Å². The molecule has 2 fully saturated rings. The summed E-state index contributed by atoms with van der Waals surface area (Å²) in [6.07, 6.45) is 6.12. The van der Waals surface area contributed by atoms with E-state index in [2.05, 4.69) is 10.3 Å². The number of hydrogen-bond acceptors (Lipinski definition) is 5. The number of Topliss-reactive ketones (excluding diaryl/α,β-unsaturated/α-hetero) is 1. The van der Waals surface area contributed by atoms with Crippen LogP contribution in [0.4, 0.5) is 10.1 Å². The van der Waals surface area contributed by atoms with Crippen molar-refractivity contribution in [1.82, 2.24) is 5.32 Å². The summed E-state index contributed by atoms with van der Waals surface area (Å²) < 4.78 is 13.9. The van der Waals surface area contributed by atoms with Crippen molar-refractivity contribution >= 4 is 23.1 Å². The van der Waals surface area contributed by atoms with E-state index in [4.69, 9.17) is 11.5 Å². The number of carbonyl (C=O) groups excluding carboxylic acids is 2. The molecule has 5 N–H and O–H groups in total. The summed E-state index contributed by atoms with van der Waals surface area (Å²) in [6.45, 7) is 0. The number of halogens is 1. The van der Waals surface area contributed by atoms with E-state index in [1.54, 1.807) is 18.2 Å². The van der Waals surface area contributed by atoms with Gasteiger partial charge in [0.05, 0.1) is 11.7 Å². The minimum absolute atomic E-state index is 0.0146. The van der Waals surface area contributed by atoms with E-state index in [9.17, 15) is 14.0 Å². The quantitative estimate of drug-likeness (QED) is 0.696. The predicted octanol–water partition coefficient (Wildman–Crippen LogP) is 2.77. The number of carbonyl (C=O) groups is 2. The average Bonchev–Trinajstić information content (AvgIpc) is 2.70. The Labute approximate surface area is 163 Å². The number of aliphatic imine (C=N–C) groups is 1. The van der Waals surface area contributed by atoms with E-state index in [0.717, 1.165) is 19.3 Å². The van der Waals surface area contributed by atoms with E-state index in [0.29, 0.717) is 42.5 Å². The Morgan fingerprint density at radius 1 is 1.18 bits per heavy atom. The minimum Gasteiger partial charge on any atom is -0.404 e. The average molecular weight is 384 g/mol. The van der Waals surface area contributed by atoms with Crippen LogP contribution in [0.1, 0.15) is 44.9 Å². The van der Waals surface area contributed by atoms with E-state index in [1.807, 2.05) is 0 Å². The second kappa shape index (κ2) is 8.82. The van der Waals surface area contributed by atoms with Crippen LogP contribution >= 0.6 is 0 Å². The Bertz CT molecular complexity index is 873. The van der Waals surface area contributed by atoms with Crippen LogP contribution in [0.15, 0.2) is 52.3 Å². The maximum atomic E-state index is 13.9. The Balaban J connectivity index is 1.80. The number of nitrogens with one attached hydrogen (secondary N) is 1. The zero-order valence-corrected chi connectivity index (χ0v) is 15.7. The molecule has 28 heavy (non-hydrogen) atoms. The molecule has 0 saturated heterocycles. The molecular weight excluding hydrogens is 359 g/mol. The molecule has 0 bridgehead atoms. The first-order chi connectivity index (χ1) is 13.5. The van der Waals surface area contributed by atoms with Crippen LogP contribution in [-0.4, -0.2) is 23.4 Å². The molecule has 0 aliphatic heterocycles. The van der Waals surface area contributed by atoms with Gasteiger partial charge in [-0.25, -0.2) is 9.38 Å². The van der Waals surface area contributed by atoms with Crippen molar-refractivity contribution in [2.45, 2.75) is 51.0 Å². The standard InChI is InChI=1S/C21H25FN4O2/c22-15-7-2-3-8-18(15)25-16-9-5-10-17(14(16)12-23)26-21(28)20(24)13-6-1-4-11-19(13)27/h2-3,7-8,12,17H,1,4-6,9-11,23-24H2,(H,26,28). The van der Waals surface area contributed by atoms with Crippen LogP contribution < -0.4 is 16.8 Å². The van der Waals surface area contributed by atoms with Crippen LogP contribution in [0.5, 0.6) is 0 Å². The molecule has 1 amide bonds. The van der Waals surface area contributed by atoms with Crippen molar-refractivity contribution in [2.24, 2.45) is 16.5 Å². The van der Waals surface area contributed by atoms with Gasteiger partial charge in [-0.15, -0.1) is 0 Å². The minimum atomic E-state index is -0.471. The lowest BCUT2D eigenvalue weighted by Crippen LogP contribution is -2.43. The molecule has 0 spiro atoms. The number of hydrogen-bond donors (Lipinski definition) is 3. The number of ketones is 1. The lowest BCUT2D eigenvalue weighted by atomic mass is 9.88. The van der Waals surface area contributed by atoms with Gasteiger partial charge < -0.3 is 16.8 Å². The van der Waals surface area contributed by atoms with E-state index < -0.39 is 11.7 Å². The SMILES string of the molecule is NC=C1C(=Nc2ccccc2F)CCCC1NC(=O)C(N)=C1CCCCC1=O. The highest BCUT2D eigenvalue weighted by molar-refractivity contribution is 6.07. The Hall–Kier alpha value is -2.96. The second-order valence-corrected chi connectivity index (χ2v) is 7.07. The van der Waals surface area contributed by atoms with Crippen molar-refractivity contribution in [1.29, 1.82) is 0 Å². The van der Waals surface area contributed by atoms with Gasteiger partial charge in [0.15, 0.2) is 5.78 Å². The predicted molar refractivity (Wildman–Crippen MR) is 106 cm³/mol. The molecule has 2 aliphatic rings. The largest absolute Gasteiger partial charge is 0.404 e.